The molecule has 23 heavy (non-hydrogen) atoms. The van der Waals surface area contributed by atoms with Crippen molar-refractivity contribution in [2.24, 2.45) is 11.8 Å². The third-order valence-electron chi connectivity index (χ3n) is 5.09. The lowest BCUT2D eigenvalue weighted by molar-refractivity contribution is -0.127. The van der Waals surface area contributed by atoms with E-state index in [9.17, 15) is 9.59 Å². The summed E-state index contributed by atoms with van der Waals surface area (Å²) in [7, 11) is 0. The lowest BCUT2D eigenvalue weighted by Gasteiger charge is -2.44. The molecule has 1 aliphatic heterocycles. The summed E-state index contributed by atoms with van der Waals surface area (Å²) in [6, 6.07) is 0.278. The van der Waals surface area contributed by atoms with Gasteiger partial charge in [-0.15, -0.1) is 0 Å². The van der Waals surface area contributed by atoms with Gasteiger partial charge in [-0.3, -0.25) is 14.6 Å². The average Bonchev–Trinajstić information content (AvgIpc) is 2.55. The third kappa shape index (κ3) is 3.68. The van der Waals surface area contributed by atoms with Gasteiger partial charge >= 0.3 is 0 Å². The van der Waals surface area contributed by atoms with Crippen LogP contribution in [0.2, 0.25) is 0 Å². The molecule has 1 aliphatic carbocycles. The van der Waals surface area contributed by atoms with Crippen molar-refractivity contribution in [3.63, 3.8) is 0 Å². The van der Waals surface area contributed by atoms with Crippen LogP contribution in [0.1, 0.15) is 55.9 Å². The zero-order valence-electron chi connectivity index (χ0n) is 13.5. The van der Waals surface area contributed by atoms with Gasteiger partial charge in [0.1, 0.15) is 5.69 Å². The zero-order valence-corrected chi connectivity index (χ0v) is 13.5. The third-order valence-corrected chi connectivity index (χ3v) is 5.09. The van der Waals surface area contributed by atoms with Crippen molar-refractivity contribution in [2.45, 2.75) is 57.5 Å². The summed E-state index contributed by atoms with van der Waals surface area (Å²) in [5, 5.41) is 6.17. The Kier molecular flexibility index (Phi) is 4.88. The van der Waals surface area contributed by atoms with E-state index in [4.69, 9.17) is 0 Å². The van der Waals surface area contributed by atoms with Gasteiger partial charge in [-0.1, -0.05) is 13.3 Å². The highest BCUT2D eigenvalue weighted by Gasteiger charge is 2.40. The summed E-state index contributed by atoms with van der Waals surface area (Å²) in [5.41, 5.74) is 0.339. The highest BCUT2D eigenvalue weighted by atomic mass is 16.2. The largest absolute Gasteiger partial charge is 0.353 e. The van der Waals surface area contributed by atoms with Crippen LogP contribution in [0.15, 0.2) is 18.6 Å². The highest BCUT2D eigenvalue weighted by molar-refractivity contribution is 5.92. The molecule has 1 aromatic rings. The lowest BCUT2D eigenvalue weighted by Crippen LogP contribution is -2.55. The second-order valence-corrected chi connectivity index (χ2v) is 6.66. The Morgan fingerprint density at radius 1 is 1.39 bits per heavy atom. The van der Waals surface area contributed by atoms with Crippen LogP contribution in [0.5, 0.6) is 0 Å². The molecule has 2 aliphatic rings. The first-order valence-electron chi connectivity index (χ1n) is 8.53. The van der Waals surface area contributed by atoms with Crippen LogP contribution in [-0.2, 0) is 4.79 Å². The number of hydrogen-bond donors (Lipinski definition) is 2. The van der Waals surface area contributed by atoms with Crippen LogP contribution in [0, 0.1) is 11.8 Å². The first kappa shape index (κ1) is 15.9. The lowest BCUT2D eigenvalue weighted by atomic mass is 9.70. The Morgan fingerprint density at radius 2 is 2.26 bits per heavy atom. The zero-order chi connectivity index (χ0) is 16.2. The number of piperidine rings is 1. The molecule has 2 heterocycles. The second-order valence-electron chi connectivity index (χ2n) is 6.66. The minimum absolute atomic E-state index is 0.0893. The molecule has 0 aromatic carbocycles. The Balaban J connectivity index is 1.61. The summed E-state index contributed by atoms with van der Waals surface area (Å²) < 4.78 is 0. The van der Waals surface area contributed by atoms with Crippen LogP contribution < -0.4 is 10.6 Å². The van der Waals surface area contributed by atoms with Crippen LogP contribution >= 0.6 is 0 Å². The van der Waals surface area contributed by atoms with Gasteiger partial charge in [-0.2, -0.15) is 0 Å². The van der Waals surface area contributed by atoms with Crippen molar-refractivity contribution < 1.29 is 9.59 Å². The van der Waals surface area contributed by atoms with E-state index in [2.05, 4.69) is 27.5 Å². The first-order valence-corrected chi connectivity index (χ1v) is 8.53. The smallest absolute Gasteiger partial charge is 0.271 e. The van der Waals surface area contributed by atoms with Gasteiger partial charge in [0.25, 0.3) is 5.91 Å². The Morgan fingerprint density at radius 3 is 3.00 bits per heavy atom. The fraction of sp³-hybridized carbons (Fsp3) is 0.647. The predicted octanol–water partition coefficient (Wildman–Crippen LogP) is 1.68. The maximum Gasteiger partial charge on any atom is 0.271 e. The summed E-state index contributed by atoms with van der Waals surface area (Å²) in [6.07, 6.45) is 10.3. The molecule has 0 spiro atoms. The van der Waals surface area contributed by atoms with E-state index in [0.29, 0.717) is 24.0 Å². The van der Waals surface area contributed by atoms with E-state index in [0.717, 1.165) is 32.1 Å². The molecule has 1 saturated carbocycles. The summed E-state index contributed by atoms with van der Waals surface area (Å²) in [4.78, 5) is 32.1. The Labute approximate surface area is 136 Å². The second kappa shape index (κ2) is 7.06. The van der Waals surface area contributed by atoms with Crippen LogP contribution in [0.4, 0.5) is 0 Å². The van der Waals surface area contributed by atoms with Crippen LogP contribution in [0.25, 0.3) is 0 Å². The molecule has 3 rings (SSSR count). The average molecular weight is 316 g/mol. The standard InChI is InChI=1S/C17H24N4O2/c1-2-3-11-8-16(22)21-14-9-12(4-5-13(11)14)20-17(23)15-10-18-6-7-19-15/h6-7,10-14H,2-5,8-9H2,1H3,(H,20,23)(H,21,22). The highest BCUT2D eigenvalue weighted by Crippen LogP contribution is 2.37. The number of carbonyl (C=O) groups is 2. The number of amides is 2. The number of fused-ring (bicyclic) bond motifs is 1. The van der Waals surface area contributed by atoms with Crippen molar-refractivity contribution in [1.82, 2.24) is 20.6 Å². The quantitative estimate of drug-likeness (QED) is 0.885. The maximum absolute atomic E-state index is 12.2. The number of carbonyl (C=O) groups excluding carboxylic acids is 2. The number of aromatic nitrogens is 2. The van der Waals surface area contributed by atoms with Gasteiger partial charge in [0.05, 0.1) is 6.20 Å². The van der Waals surface area contributed by atoms with Gasteiger partial charge in [-0.25, -0.2) is 4.98 Å². The van der Waals surface area contributed by atoms with E-state index in [-0.39, 0.29) is 23.9 Å². The normalized spacial score (nSPS) is 30.2. The van der Waals surface area contributed by atoms with E-state index in [1.165, 1.54) is 12.4 Å². The van der Waals surface area contributed by atoms with Crippen molar-refractivity contribution in [2.75, 3.05) is 0 Å². The summed E-state index contributed by atoms with van der Waals surface area (Å²) in [5.74, 6) is 1.02. The van der Waals surface area contributed by atoms with Crippen molar-refractivity contribution in [3.8, 4) is 0 Å². The molecule has 6 nitrogen and oxygen atoms in total. The number of hydrogen-bond acceptors (Lipinski definition) is 4. The topological polar surface area (TPSA) is 84.0 Å². The fourth-order valence-corrected chi connectivity index (χ4v) is 4.07. The molecule has 0 bridgehead atoms. The Bertz CT molecular complexity index is 563. The Hall–Kier alpha value is -1.98. The number of nitrogens with zero attached hydrogens (tertiary/aromatic N) is 2. The molecule has 4 unspecified atom stereocenters. The molecule has 124 valence electrons. The first-order chi connectivity index (χ1) is 11.2. The maximum atomic E-state index is 12.2. The molecular formula is C17H24N4O2. The summed E-state index contributed by atoms with van der Waals surface area (Å²) in [6.45, 7) is 2.17. The minimum atomic E-state index is -0.186. The molecule has 2 fully saturated rings. The van der Waals surface area contributed by atoms with Gasteiger partial charge in [0.15, 0.2) is 0 Å². The molecule has 1 aromatic heterocycles. The number of rotatable bonds is 4. The van der Waals surface area contributed by atoms with Gasteiger partial charge in [-0.05, 0) is 37.5 Å². The van der Waals surface area contributed by atoms with Crippen molar-refractivity contribution in [1.29, 1.82) is 0 Å². The SMILES string of the molecule is CCCC1CC(=O)NC2CC(NC(=O)c3cnccn3)CCC12. The molecule has 2 amide bonds. The molecule has 1 saturated heterocycles. The van der Waals surface area contributed by atoms with Gasteiger partial charge in [0, 0.05) is 30.9 Å². The molecule has 6 heteroatoms. The number of nitrogens with one attached hydrogen (secondary N) is 2. The van der Waals surface area contributed by atoms with E-state index < -0.39 is 0 Å². The summed E-state index contributed by atoms with van der Waals surface area (Å²) >= 11 is 0. The fourth-order valence-electron chi connectivity index (χ4n) is 4.07. The van der Waals surface area contributed by atoms with E-state index in [1.807, 2.05) is 0 Å². The molecule has 4 atom stereocenters. The van der Waals surface area contributed by atoms with Gasteiger partial charge in [0.2, 0.25) is 5.91 Å². The monoisotopic (exact) mass is 316 g/mol. The minimum Gasteiger partial charge on any atom is -0.353 e. The van der Waals surface area contributed by atoms with Crippen molar-refractivity contribution >= 4 is 11.8 Å². The predicted molar refractivity (Wildman–Crippen MR) is 85.6 cm³/mol. The molecular weight excluding hydrogens is 292 g/mol. The van der Waals surface area contributed by atoms with Crippen molar-refractivity contribution in [3.05, 3.63) is 24.3 Å². The molecule has 2 N–H and O–H groups in total. The van der Waals surface area contributed by atoms with E-state index >= 15 is 0 Å². The van der Waals surface area contributed by atoms with Crippen LogP contribution in [0.3, 0.4) is 0 Å². The molecule has 0 radical (unpaired) electrons. The van der Waals surface area contributed by atoms with Crippen LogP contribution in [-0.4, -0.2) is 33.9 Å². The van der Waals surface area contributed by atoms with E-state index in [1.54, 1.807) is 6.20 Å². The van der Waals surface area contributed by atoms with Gasteiger partial charge < -0.3 is 10.6 Å².